The van der Waals surface area contributed by atoms with E-state index in [0.29, 0.717) is 0 Å². The van der Waals surface area contributed by atoms with Crippen molar-refractivity contribution in [2.24, 2.45) is 40.9 Å². The van der Waals surface area contributed by atoms with Gasteiger partial charge in [0.05, 0.1) is 12.0 Å². The molecule has 0 aromatic heterocycles. The third kappa shape index (κ3) is 3.24. The van der Waals surface area contributed by atoms with Crippen LogP contribution in [0, 0.1) is 40.9 Å². The maximum absolute atomic E-state index is 12.8. The first-order chi connectivity index (χ1) is 13.6. The minimum atomic E-state index is -0.0401. The first-order valence-corrected chi connectivity index (χ1v) is 12.4. The molecule has 0 heterocycles. The van der Waals surface area contributed by atoms with E-state index in [1.165, 1.54) is 57.8 Å². The minimum absolute atomic E-state index is 0.0401. The standard InChI is InChI=1S/C25H40O3/c1-25-14-13-20-19-10-8-18(26)15-17(19)7-9-21(20)22(25)11-12-23(25)28-24(27)16-5-3-2-4-6-16/h16-23,26H,2-15H2,1H3/t17?,18?,19?,20-,21?,22+,23+,25+/m1/s1. The van der Waals surface area contributed by atoms with E-state index in [-0.39, 0.29) is 29.5 Å². The normalized spacial score (nSPS) is 49.0. The summed E-state index contributed by atoms with van der Waals surface area (Å²) >= 11 is 0. The summed E-state index contributed by atoms with van der Waals surface area (Å²) in [6.07, 6.45) is 16.8. The zero-order valence-corrected chi connectivity index (χ0v) is 17.8. The van der Waals surface area contributed by atoms with Gasteiger partial charge in [0.2, 0.25) is 0 Å². The van der Waals surface area contributed by atoms with Gasteiger partial charge in [-0.15, -0.1) is 0 Å². The minimum Gasteiger partial charge on any atom is -0.462 e. The molecule has 4 unspecified atom stereocenters. The number of esters is 1. The van der Waals surface area contributed by atoms with E-state index in [1.54, 1.807) is 0 Å². The average molecular weight is 389 g/mol. The van der Waals surface area contributed by atoms with Crippen molar-refractivity contribution in [3.05, 3.63) is 0 Å². The lowest BCUT2D eigenvalue weighted by atomic mass is 9.50. The third-order valence-corrected chi connectivity index (χ3v) is 10.0. The fourth-order valence-corrected chi connectivity index (χ4v) is 8.55. The molecule has 158 valence electrons. The maximum Gasteiger partial charge on any atom is 0.309 e. The van der Waals surface area contributed by atoms with Gasteiger partial charge in [-0.1, -0.05) is 26.2 Å². The van der Waals surface area contributed by atoms with Crippen molar-refractivity contribution in [1.29, 1.82) is 0 Å². The van der Waals surface area contributed by atoms with Crippen LogP contribution in [0.3, 0.4) is 0 Å². The Morgan fingerprint density at radius 2 is 1.64 bits per heavy atom. The zero-order valence-electron chi connectivity index (χ0n) is 17.8. The Hall–Kier alpha value is -0.570. The van der Waals surface area contributed by atoms with Crippen molar-refractivity contribution >= 4 is 5.97 Å². The molecule has 0 aromatic carbocycles. The van der Waals surface area contributed by atoms with Crippen LogP contribution in [0.5, 0.6) is 0 Å². The molecule has 0 saturated heterocycles. The van der Waals surface area contributed by atoms with E-state index in [9.17, 15) is 9.90 Å². The van der Waals surface area contributed by atoms with Gasteiger partial charge in [-0.3, -0.25) is 4.79 Å². The Morgan fingerprint density at radius 3 is 2.46 bits per heavy atom. The number of rotatable bonds is 2. The fraction of sp³-hybridized carbons (Fsp3) is 0.960. The molecule has 28 heavy (non-hydrogen) atoms. The molecule has 0 amide bonds. The second-order valence-corrected chi connectivity index (χ2v) is 11.3. The number of hydrogen-bond acceptors (Lipinski definition) is 3. The van der Waals surface area contributed by atoms with E-state index in [0.717, 1.165) is 61.7 Å². The van der Waals surface area contributed by atoms with Crippen LogP contribution in [0.25, 0.3) is 0 Å². The summed E-state index contributed by atoms with van der Waals surface area (Å²) in [5.74, 6) is 4.40. The lowest BCUT2D eigenvalue weighted by Crippen LogP contribution is -2.50. The Bertz CT molecular complexity index is 582. The van der Waals surface area contributed by atoms with Crippen LogP contribution in [0.15, 0.2) is 0 Å². The van der Waals surface area contributed by atoms with Crippen molar-refractivity contribution in [2.75, 3.05) is 0 Å². The monoisotopic (exact) mass is 388 g/mol. The number of carbonyl (C=O) groups is 1. The molecule has 5 saturated carbocycles. The predicted octanol–water partition coefficient (Wildman–Crippen LogP) is 5.49. The van der Waals surface area contributed by atoms with Gasteiger partial charge in [0.25, 0.3) is 0 Å². The molecule has 8 atom stereocenters. The van der Waals surface area contributed by atoms with Crippen LogP contribution >= 0.6 is 0 Å². The Labute approximate surface area is 171 Å². The number of carbonyl (C=O) groups excluding carboxylic acids is 1. The van der Waals surface area contributed by atoms with Crippen molar-refractivity contribution < 1.29 is 14.6 Å². The summed E-state index contributed by atoms with van der Waals surface area (Å²) in [6, 6.07) is 0. The SMILES string of the molecule is C[C@]12CC[C@@H]3C4CCC(O)CC4CCC3[C@@H]1CC[C@@H]2OC(=O)C1CCCCC1. The Balaban J connectivity index is 1.27. The summed E-state index contributed by atoms with van der Waals surface area (Å²) in [4.78, 5) is 12.8. The molecule has 0 bridgehead atoms. The lowest BCUT2D eigenvalue weighted by molar-refractivity contribution is -0.166. The first-order valence-electron chi connectivity index (χ1n) is 12.4. The average Bonchev–Trinajstić information content (AvgIpc) is 3.04. The van der Waals surface area contributed by atoms with E-state index in [4.69, 9.17) is 4.74 Å². The highest BCUT2D eigenvalue weighted by Crippen LogP contribution is 2.63. The quantitative estimate of drug-likeness (QED) is 0.636. The van der Waals surface area contributed by atoms with Gasteiger partial charge in [0.15, 0.2) is 0 Å². The zero-order chi connectivity index (χ0) is 19.3. The van der Waals surface area contributed by atoms with Crippen LogP contribution in [0.2, 0.25) is 0 Å². The summed E-state index contributed by atoms with van der Waals surface area (Å²) in [5.41, 5.74) is 0.215. The smallest absolute Gasteiger partial charge is 0.309 e. The molecule has 5 aliphatic rings. The highest BCUT2D eigenvalue weighted by Gasteiger charge is 2.58. The second kappa shape index (κ2) is 7.60. The second-order valence-electron chi connectivity index (χ2n) is 11.3. The predicted molar refractivity (Wildman–Crippen MR) is 110 cm³/mol. The van der Waals surface area contributed by atoms with E-state index in [2.05, 4.69) is 6.92 Å². The Kier molecular flexibility index (Phi) is 5.26. The lowest BCUT2D eigenvalue weighted by Gasteiger charge is -2.55. The van der Waals surface area contributed by atoms with Crippen molar-refractivity contribution in [3.63, 3.8) is 0 Å². The summed E-state index contributed by atoms with van der Waals surface area (Å²) < 4.78 is 6.25. The van der Waals surface area contributed by atoms with Crippen LogP contribution in [-0.2, 0) is 9.53 Å². The number of aliphatic hydroxyl groups excluding tert-OH is 1. The van der Waals surface area contributed by atoms with Gasteiger partial charge in [0, 0.05) is 5.41 Å². The molecule has 0 radical (unpaired) electrons. The highest BCUT2D eigenvalue weighted by atomic mass is 16.5. The Morgan fingerprint density at radius 1 is 0.857 bits per heavy atom. The van der Waals surface area contributed by atoms with Gasteiger partial charge in [0.1, 0.15) is 6.10 Å². The summed E-state index contributed by atoms with van der Waals surface area (Å²) in [6.45, 7) is 2.45. The summed E-state index contributed by atoms with van der Waals surface area (Å²) in [5, 5.41) is 10.1. The molecular formula is C25H40O3. The van der Waals surface area contributed by atoms with Gasteiger partial charge >= 0.3 is 5.97 Å². The topological polar surface area (TPSA) is 46.5 Å². The van der Waals surface area contributed by atoms with E-state index >= 15 is 0 Å². The molecule has 0 spiro atoms. The molecule has 5 fully saturated rings. The van der Waals surface area contributed by atoms with Gasteiger partial charge in [-0.25, -0.2) is 0 Å². The van der Waals surface area contributed by atoms with Gasteiger partial charge in [-0.05, 0) is 100 Å². The van der Waals surface area contributed by atoms with Gasteiger partial charge < -0.3 is 9.84 Å². The third-order valence-electron chi connectivity index (χ3n) is 10.0. The summed E-state index contributed by atoms with van der Waals surface area (Å²) in [7, 11) is 0. The van der Waals surface area contributed by atoms with Crippen LogP contribution in [-0.4, -0.2) is 23.3 Å². The molecule has 5 rings (SSSR count). The molecular weight excluding hydrogens is 348 g/mol. The van der Waals surface area contributed by atoms with Crippen LogP contribution in [0.1, 0.15) is 96.8 Å². The fourth-order valence-electron chi connectivity index (χ4n) is 8.55. The number of fused-ring (bicyclic) bond motifs is 5. The number of hydrogen-bond donors (Lipinski definition) is 1. The van der Waals surface area contributed by atoms with Crippen molar-refractivity contribution in [3.8, 4) is 0 Å². The maximum atomic E-state index is 12.8. The molecule has 3 heteroatoms. The van der Waals surface area contributed by atoms with Gasteiger partial charge in [-0.2, -0.15) is 0 Å². The number of aliphatic hydroxyl groups is 1. The molecule has 3 nitrogen and oxygen atoms in total. The molecule has 1 N–H and O–H groups in total. The molecule has 0 aromatic rings. The molecule has 0 aliphatic heterocycles. The first kappa shape index (κ1) is 19.4. The van der Waals surface area contributed by atoms with E-state index in [1.807, 2.05) is 0 Å². The van der Waals surface area contributed by atoms with Crippen molar-refractivity contribution in [2.45, 2.75) is 109 Å². The van der Waals surface area contributed by atoms with Crippen LogP contribution in [0.4, 0.5) is 0 Å². The van der Waals surface area contributed by atoms with Crippen LogP contribution < -0.4 is 0 Å². The number of ether oxygens (including phenoxy) is 1. The van der Waals surface area contributed by atoms with Crippen molar-refractivity contribution in [1.82, 2.24) is 0 Å². The molecule has 5 aliphatic carbocycles. The highest BCUT2D eigenvalue weighted by molar-refractivity contribution is 5.72. The van der Waals surface area contributed by atoms with E-state index < -0.39 is 0 Å². The largest absolute Gasteiger partial charge is 0.462 e.